The first-order valence-corrected chi connectivity index (χ1v) is 0. The van der Waals surface area contributed by atoms with E-state index in [9.17, 15) is 0 Å². The van der Waals surface area contributed by atoms with Gasteiger partial charge in [0.25, 0.3) is 0 Å². The van der Waals surface area contributed by atoms with Crippen molar-refractivity contribution < 1.29 is 92.0 Å². The SMILES string of the molecule is O.O.O.O.O.[Na+].[Na+].[O-2]. The largest absolute Gasteiger partial charge is 2.00 e. The van der Waals surface area contributed by atoms with E-state index in [0.29, 0.717) is 0 Å². The summed E-state index contributed by atoms with van der Waals surface area (Å²) in [6.07, 6.45) is 0. The zero-order chi connectivity index (χ0) is 0. The first-order valence-electron chi connectivity index (χ1n) is 0. The normalized spacial score (nSPS) is 0. The third-order valence-electron chi connectivity index (χ3n) is 0. The second-order valence-electron chi connectivity index (χ2n) is 0. The van der Waals surface area contributed by atoms with Gasteiger partial charge in [-0.1, -0.05) is 0 Å². The van der Waals surface area contributed by atoms with Crippen molar-refractivity contribution in [3.63, 3.8) is 0 Å². The molecule has 0 saturated carbocycles. The summed E-state index contributed by atoms with van der Waals surface area (Å²) in [7, 11) is 0. The molecule has 0 aromatic carbocycles. The molecule has 0 saturated heterocycles. The van der Waals surface area contributed by atoms with Gasteiger partial charge < -0.3 is 32.9 Å². The molecule has 0 aliphatic rings. The predicted octanol–water partition coefficient (Wildman–Crippen LogP) is -10.2. The van der Waals surface area contributed by atoms with Crippen LogP contribution in [0.2, 0.25) is 0 Å². The van der Waals surface area contributed by atoms with Crippen LogP contribution in [0.4, 0.5) is 0 Å². The minimum absolute atomic E-state index is 0. The summed E-state index contributed by atoms with van der Waals surface area (Å²) in [5.41, 5.74) is 0. The smallest absolute Gasteiger partial charge is 1.00 e. The van der Waals surface area contributed by atoms with E-state index in [1.807, 2.05) is 0 Å². The minimum atomic E-state index is 0. The van der Waals surface area contributed by atoms with Crippen molar-refractivity contribution in [2.75, 3.05) is 0 Å². The van der Waals surface area contributed by atoms with Gasteiger partial charge in [0.05, 0.1) is 0 Å². The summed E-state index contributed by atoms with van der Waals surface area (Å²) in [6.45, 7) is 0. The zero-order valence-electron chi connectivity index (χ0n) is 4.91. The van der Waals surface area contributed by atoms with Crippen LogP contribution in [0.25, 0.3) is 0 Å². The van der Waals surface area contributed by atoms with Crippen LogP contribution in [0.15, 0.2) is 0 Å². The van der Waals surface area contributed by atoms with E-state index in [4.69, 9.17) is 0 Å². The van der Waals surface area contributed by atoms with Gasteiger partial charge in [-0.3, -0.25) is 0 Å². The summed E-state index contributed by atoms with van der Waals surface area (Å²) < 4.78 is 0. The Bertz CT molecular complexity index is 6.49. The van der Waals surface area contributed by atoms with Gasteiger partial charge in [0, 0.05) is 0 Å². The van der Waals surface area contributed by atoms with Crippen LogP contribution >= 0.6 is 0 Å². The maximum Gasteiger partial charge on any atom is 1.00 e. The summed E-state index contributed by atoms with van der Waals surface area (Å²) in [5, 5.41) is 0. The van der Waals surface area contributed by atoms with Gasteiger partial charge in [-0.25, -0.2) is 0 Å². The second-order valence-corrected chi connectivity index (χ2v) is 0. The molecule has 0 radical (unpaired) electrons. The fourth-order valence-corrected chi connectivity index (χ4v) is 0. The van der Waals surface area contributed by atoms with E-state index in [-0.39, 0.29) is 92.0 Å². The van der Waals surface area contributed by atoms with Crippen molar-refractivity contribution in [3.8, 4) is 0 Å². The number of rotatable bonds is 0. The summed E-state index contributed by atoms with van der Waals surface area (Å²) >= 11 is 0. The van der Waals surface area contributed by atoms with Crippen LogP contribution in [-0.4, -0.2) is 27.4 Å². The van der Waals surface area contributed by atoms with Crippen molar-refractivity contribution in [1.29, 1.82) is 0 Å². The van der Waals surface area contributed by atoms with Gasteiger partial charge in [0.2, 0.25) is 0 Å². The molecule has 0 aliphatic heterocycles. The fraction of sp³-hybridized carbons (Fsp3) is 0. The first-order chi connectivity index (χ1) is 0. The summed E-state index contributed by atoms with van der Waals surface area (Å²) in [6, 6.07) is 0. The van der Waals surface area contributed by atoms with Crippen LogP contribution in [0.5, 0.6) is 0 Å². The zero-order valence-corrected chi connectivity index (χ0v) is 8.91. The van der Waals surface area contributed by atoms with Gasteiger partial charge >= 0.3 is 59.1 Å². The molecule has 0 bridgehead atoms. The summed E-state index contributed by atoms with van der Waals surface area (Å²) in [5.74, 6) is 0. The maximum atomic E-state index is 0. The van der Waals surface area contributed by atoms with E-state index in [0.717, 1.165) is 0 Å². The monoisotopic (exact) mass is 152 g/mol. The third kappa shape index (κ3) is 114. The second kappa shape index (κ2) is 170. The number of hydrogen-bond donors (Lipinski definition) is 0. The molecule has 0 unspecified atom stereocenters. The minimum Gasteiger partial charge on any atom is -2.00 e. The van der Waals surface area contributed by atoms with E-state index < -0.39 is 0 Å². The number of hydrogen-bond acceptors (Lipinski definition) is 0. The van der Waals surface area contributed by atoms with E-state index in [2.05, 4.69) is 0 Å². The molecule has 8 heavy (non-hydrogen) atoms. The van der Waals surface area contributed by atoms with Gasteiger partial charge in [0.1, 0.15) is 0 Å². The topological polar surface area (TPSA) is 186 Å². The van der Waals surface area contributed by atoms with Crippen LogP contribution in [0, 0.1) is 0 Å². The Morgan fingerprint density at radius 3 is 0.375 bits per heavy atom. The molecule has 0 aliphatic carbocycles. The van der Waals surface area contributed by atoms with Gasteiger partial charge in [-0.15, -0.1) is 0 Å². The molecule has 0 spiro atoms. The average Bonchev–Trinajstić information content (AvgIpc) is 0. The molecule has 0 aromatic rings. The van der Waals surface area contributed by atoms with Crippen molar-refractivity contribution in [2.45, 2.75) is 0 Å². The molecule has 8 heteroatoms. The van der Waals surface area contributed by atoms with Crippen LogP contribution in [0.3, 0.4) is 0 Å². The Hall–Kier alpha value is 1.76. The Kier molecular flexibility index (Phi) is 5150. The quantitative estimate of drug-likeness (QED) is 0.298. The molecule has 0 heterocycles. The average molecular weight is 152 g/mol. The third-order valence-corrected chi connectivity index (χ3v) is 0. The van der Waals surface area contributed by atoms with Crippen molar-refractivity contribution in [3.05, 3.63) is 0 Å². The van der Waals surface area contributed by atoms with E-state index in [1.165, 1.54) is 0 Å². The van der Waals surface area contributed by atoms with Crippen molar-refractivity contribution >= 4 is 0 Å². The van der Waals surface area contributed by atoms with Crippen LogP contribution < -0.4 is 59.1 Å². The molecule has 48 valence electrons. The van der Waals surface area contributed by atoms with Gasteiger partial charge in [-0.2, -0.15) is 0 Å². The molecular weight excluding hydrogens is 142 g/mol. The standard InChI is InChI=1S/2Na.5H2O.O/h;;5*1H2;/q2*+1;;;;;;-2. The predicted molar refractivity (Wildman–Crippen MR) is 18.8 cm³/mol. The molecule has 0 atom stereocenters. The molecule has 6 nitrogen and oxygen atoms in total. The van der Waals surface area contributed by atoms with E-state index in [1.54, 1.807) is 0 Å². The van der Waals surface area contributed by atoms with Crippen molar-refractivity contribution in [1.82, 2.24) is 0 Å². The Labute approximate surface area is 91.1 Å². The fourth-order valence-electron chi connectivity index (χ4n) is 0. The van der Waals surface area contributed by atoms with Crippen molar-refractivity contribution in [2.24, 2.45) is 0 Å². The molecule has 0 aromatic heterocycles. The molecule has 0 fully saturated rings. The summed E-state index contributed by atoms with van der Waals surface area (Å²) in [4.78, 5) is 0. The Morgan fingerprint density at radius 1 is 0.375 bits per heavy atom. The molecule has 0 amide bonds. The van der Waals surface area contributed by atoms with Crippen LogP contribution in [0.1, 0.15) is 0 Å². The molecular formula is H10Na2O6. The molecule has 10 N–H and O–H groups in total. The Balaban J connectivity index is 0. The Morgan fingerprint density at radius 2 is 0.375 bits per heavy atom. The van der Waals surface area contributed by atoms with Gasteiger partial charge in [-0.05, 0) is 0 Å². The van der Waals surface area contributed by atoms with E-state index >= 15 is 0 Å². The van der Waals surface area contributed by atoms with Crippen LogP contribution in [-0.2, 0) is 5.48 Å². The molecule has 0 rings (SSSR count). The maximum absolute atomic E-state index is 0. The first kappa shape index (κ1) is 242. The van der Waals surface area contributed by atoms with Gasteiger partial charge in [0.15, 0.2) is 0 Å².